The number of halogens is 1. The number of ether oxygens (including phenoxy) is 2. The molecule has 0 radical (unpaired) electrons. The predicted octanol–water partition coefficient (Wildman–Crippen LogP) is 4.05. The highest BCUT2D eigenvalue weighted by atomic mass is 35.5. The van der Waals surface area contributed by atoms with E-state index in [1.165, 1.54) is 11.2 Å². The smallest absolute Gasteiger partial charge is 0.261 e. The number of nitrogens with one attached hydrogen (secondary N) is 1. The standard InChI is InChI=1S/C24H25ClN2O5/c1-17(24(29)26-14-20-6-5-13-31-20)27(15-18-9-11-19(30-2)12-10-18)23(28)16-32-22-8-4-3-7-21(22)25/h3-13,17H,14-16H2,1-2H3,(H,26,29)/t17-/m1/s1. The quantitative estimate of drug-likeness (QED) is 0.497. The second-order valence-electron chi connectivity index (χ2n) is 7.06. The van der Waals surface area contributed by atoms with Gasteiger partial charge in [0, 0.05) is 6.54 Å². The van der Waals surface area contributed by atoms with Crippen molar-refractivity contribution in [3.05, 3.63) is 83.3 Å². The lowest BCUT2D eigenvalue weighted by molar-refractivity contribution is -0.142. The van der Waals surface area contributed by atoms with Gasteiger partial charge in [-0.05, 0) is 48.9 Å². The second-order valence-corrected chi connectivity index (χ2v) is 7.47. The Hall–Kier alpha value is -3.45. The van der Waals surface area contributed by atoms with Crippen molar-refractivity contribution in [1.29, 1.82) is 0 Å². The molecule has 2 aromatic carbocycles. The number of para-hydroxylation sites is 1. The van der Waals surface area contributed by atoms with Gasteiger partial charge in [0.25, 0.3) is 5.91 Å². The number of hydrogen-bond donors (Lipinski definition) is 1. The summed E-state index contributed by atoms with van der Waals surface area (Å²) in [6.45, 7) is 1.88. The van der Waals surface area contributed by atoms with Crippen molar-refractivity contribution in [3.63, 3.8) is 0 Å². The van der Waals surface area contributed by atoms with Crippen molar-refractivity contribution in [2.45, 2.75) is 26.1 Å². The first-order valence-corrected chi connectivity index (χ1v) is 10.5. The molecule has 0 bridgehead atoms. The highest BCUT2D eigenvalue weighted by Gasteiger charge is 2.26. The number of carbonyl (C=O) groups is 2. The number of hydrogen-bond acceptors (Lipinski definition) is 5. The van der Waals surface area contributed by atoms with Crippen molar-refractivity contribution in [1.82, 2.24) is 10.2 Å². The van der Waals surface area contributed by atoms with Crippen LogP contribution in [-0.4, -0.2) is 36.5 Å². The van der Waals surface area contributed by atoms with Gasteiger partial charge >= 0.3 is 0 Å². The van der Waals surface area contributed by atoms with Gasteiger partial charge in [-0.25, -0.2) is 0 Å². The van der Waals surface area contributed by atoms with Gasteiger partial charge in [0.1, 0.15) is 23.3 Å². The Morgan fingerprint density at radius 2 is 1.84 bits per heavy atom. The van der Waals surface area contributed by atoms with Crippen molar-refractivity contribution in [2.24, 2.45) is 0 Å². The Labute approximate surface area is 191 Å². The van der Waals surface area contributed by atoms with E-state index in [9.17, 15) is 9.59 Å². The Balaban J connectivity index is 1.71. The van der Waals surface area contributed by atoms with Crippen LogP contribution in [-0.2, 0) is 22.7 Å². The first-order valence-electron chi connectivity index (χ1n) is 10.1. The van der Waals surface area contributed by atoms with E-state index < -0.39 is 6.04 Å². The SMILES string of the molecule is COc1ccc(CN(C(=O)COc2ccccc2Cl)[C@H](C)C(=O)NCc2ccco2)cc1. The van der Waals surface area contributed by atoms with Crippen molar-refractivity contribution in [2.75, 3.05) is 13.7 Å². The average molecular weight is 457 g/mol. The molecule has 8 heteroatoms. The highest BCUT2D eigenvalue weighted by molar-refractivity contribution is 6.32. The number of benzene rings is 2. The Morgan fingerprint density at radius 3 is 2.50 bits per heavy atom. The van der Waals surface area contributed by atoms with Crippen LogP contribution in [0.1, 0.15) is 18.2 Å². The lowest BCUT2D eigenvalue weighted by atomic mass is 10.1. The number of methoxy groups -OCH3 is 1. The predicted molar refractivity (Wildman–Crippen MR) is 121 cm³/mol. The summed E-state index contributed by atoms with van der Waals surface area (Å²) in [6, 6.07) is 17.0. The zero-order valence-electron chi connectivity index (χ0n) is 17.9. The van der Waals surface area contributed by atoms with Crippen LogP contribution in [0.5, 0.6) is 11.5 Å². The highest BCUT2D eigenvalue weighted by Crippen LogP contribution is 2.23. The molecule has 0 fully saturated rings. The molecule has 1 heterocycles. The van der Waals surface area contributed by atoms with E-state index in [1.807, 2.05) is 12.1 Å². The van der Waals surface area contributed by atoms with Crippen LogP contribution in [0, 0.1) is 0 Å². The van der Waals surface area contributed by atoms with Crippen LogP contribution in [0.15, 0.2) is 71.3 Å². The molecule has 1 atom stereocenters. The van der Waals surface area contributed by atoms with Crippen LogP contribution in [0.4, 0.5) is 0 Å². The van der Waals surface area contributed by atoms with Gasteiger partial charge in [-0.2, -0.15) is 0 Å². The lowest BCUT2D eigenvalue weighted by Gasteiger charge is -2.28. The zero-order chi connectivity index (χ0) is 22.9. The van der Waals surface area contributed by atoms with Gasteiger partial charge in [-0.15, -0.1) is 0 Å². The van der Waals surface area contributed by atoms with E-state index in [2.05, 4.69) is 5.32 Å². The summed E-state index contributed by atoms with van der Waals surface area (Å²) in [5, 5.41) is 3.21. The van der Waals surface area contributed by atoms with E-state index in [0.29, 0.717) is 22.3 Å². The summed E-state index contributed by atoms with van der Waals surface area (Å²) >= 11 is 6.11. The van der Waals surface area contributed by atoms with E-state index in [4.69, 9.17) is 25.5 Å². The normalized spacial score (nSPS) is 11.5. The van der Waals surface area contributed by atoms with E-state index in [0.717, 1.165) is 5.56 Å². The Kier molecular flexibility index (Phi) is 8.16. The minimum atomic E-state index is -0.741. The van der Waals surface area contributed by atoms with Gasteiger partial charge in [0.05, 0.1) is 24.9 Å². The molecule has 7 nitrogen and oxygen atoms in total. The topological polar surface area (TPSA) is 81.0 Å². The van der Waals surface area contributed by atoms with Gasteiger partial charge < -0.3 is 24.1 Å². The van der Waals surface area contributed by atoms with Gasteiger partial charge in [-0.3, -0.25) is 9.59 Å². The molecule has 0 unspecified atom stereocenters. The summed E-state index contributed by atoms with van der Waals surface area (Å²) in [6.07, 6.45) is 1.54. The monoisotopic (exact) mass is 456 g/mol. The minimum absolute atomic E-state index is 0.226. The molecule has 2 amide bonds. The maximum Gasteiger partial charge on any atom is 0.261 e. The number of nitrogens with zero attached hydrogens (tertiary/aromatic N) is 1. The third kappa shape index (κ3) is 6.28. The van der Waals surface area contributed by atoms with Gasteiger partial charge in [-0.1, -0.05) is 35.9 Å². The fourth-order valence-electron chi connectivity index (χ4n) is 3.03. The molecule has 0 aliphatic heterocycles. The maximum absolute atomic E-state index is 13.1. The van der Waals surface area contributed by atoms with Crippen LogP contribution in [0.3, 0.4) is 0 Å². The lowest BCUT2D eigenvalue weighted by Crippen LogP contribution is -2.48. The summed E-state index contributed by atoms with van der Waals surface area (Å²) in [5.41, 5.74) is 0.850. The average Bonchev–Trinajstić information content (AvgIpc) is 3.34. The number of amides is 2. The Morgan fingerprint density at radius 1 is 1.09 bits per heavy atom. The van der Waals surface area contributed by atoms with Crippen molar-refractivity contribution < 1.29 is 23.5 Å². The van der Waals surface area contributed by atoms with E-state index in [-0.39, 0.29) is 31.5 Å². The molecular weight excluding hydrogens is 432 g/mol. The molecule has 168 valence electrons. The van der Waals surface area contributed by atoms with Gasteiger partial charge in [0.15, 0.2) is 6.61 Å². The molecule has 1 N–H and O–H groups in total. The summed E-state index contributed by atoms with van der Waals surface area (Å²) in [4.78, 5) is 27.3. The number of furan rings is 1. The molecular formula is C24H25ClN2O5. The summed E-state index contributed by atoms with van der Waals surface area (Å²) < 4.78 is 16.0. The third-order valence-electron chi connectivity index (χ3n) is 4.88. The van der Waals surface area contributed by atoms with Crippen molar-refractivity contribution >= 4 is 23.4 Å². The van der Waals surface area contributed by atoms with Crippen LogP contribution in [0.25, 0.3) is 0 Å². The molecule has 0 saturated heterocycles. The largest absolute Gasteiger partial charge is 0.497 e. The summed E-state index contributed by atoms with van der Waals surface area (Å²) in [5.74, 6) is 1.09. The fraction of sp³-hybridized carbons (Fsp3) is 0.250. The molecule has 0 spiro atoms. The first-order chi connectivity index (χ1) is 15.5. The number of carbonyl (C=O) groups excluding carboxylic acids is 2. The molecule has 0 aliphatic rings. The second kappa shape index (κ2) is 11.2. The maximum atomic E-state index is 13.1. The van der Waals surface area contributed by atoms with Crippen LogP contribution in [0.2, 0.25) is 5.02 Å². The van der Waals surface area contributed by atoms with Gasteiger partial charge in [0.2, 0.25) is 5.91 Å². The van der Waals surface area contributed by atoms with Crippen molar-refractivity contribution in [3.8, 4) is 11.5 Å². The third-order valence-corrected chi connectivity index (χ3v) is 5.20. The molecule has 0 saturated carbocycles. The summed E-state index contributed by atoms with van der Waals surface area (Å²) in [7, 11) is 1.59. The fourth-order valence-corrected chi connectivity index (χ4v) is 3.22. The van der Waals surface area contributed by atoms with E-state index in [1.54, 1.807) is 62.6 Å². The minimum Gasteiger partial charge on any atom is -0.497 e. The molecule has 1 aromatic heterocycles. The molecule has 3 rings (SSSR count). The van der Waals surface area contributed by atoms with Crippen LogP contribution >= 0.6 is 11.6 Å². The zero-order valence-corrected chi connectivity index (χ0v) is 18.7. The first kappa shape index (κ1) is 23.2. The number of rotatable bonds is 10. The molecule has 0 aliphatic carbocycles. The molecule has 3 aromatic rings. The van der Waals surface area contributed by atoms with E-state index >= 15 is 0 Å². The molecule has 32 heavy (non-hydrogen) atoms. The van der Waals surface area contributed by atoms with Crippen LogP contribution < -0.4 is 14.8 Å². The Bertz CT molecular complexity index is 1020.